The van der Waals surface area contributed by atoms with Gasteiger partial charge in [-0.25, -0.2) is 0 Å². The molecule has 3 atom stereocenters. The van der Waals surface area contributed by atoms with Gasteiger partial charge in [-0.05, 0) is 37.9 Å². The van der Waals surface area contributed by atoms with E-state index in [1.807, 2.05) is 6.07 Å². The highest BCUT2D eigenvalue weighted by molar-refractivity contribution is 7.16. The number of nitrogens with zero attached hydrogens (tertiary/aromatic N) is 1. The third-order valence-electron chi connectivity index (χ3n) is 4.34. The van der Waals surface area contributed by atoms with Gasteiger partial charge in [0.15, 0.2) is 0 Å². The second-order valence-electron chi connectivity index (χ2n) is 5.61. The summed E-state index contributed by atoms with van der Waals surface area (Å²) in [6.45, 7) is 10.4. The van der Waals surface area contributed by atoms with Crippen molar-refractivity contribution in [3.05, 3.63) is 21.3 Å². The number of hydrogen-bond acceptors (Lipinski definition) is 3. The minimum atomic E-state index is 0.476. The molecule has 1 aromatic heterocycles. The van der Waals surface area contributed by atoms with E-state index in [9.17, 15) is 0 Å². The van der Waals surface area contributed by atoms with Crippen molar-refractivity contribution in [1.29, 1.82) is 0 Å². The summed E-state index contributed by atoms with van der Waals surface area (Å²) in [4.78, 5) is 3.99. The molecule has 0 spiro atoms. The number of hydrogen-bond donors (Lipinski definition) is 1. The summed E-state index contributed by atoms with van der Waals surface area (Å²) < 4.78 is 0.897. The van der Waals surface area contributed by atoms with Crippen LogP contribution in [0.2, 0.25) is 4.34 Å². The van der Waals surface area contributed by atoms with Gasteiger partial charge in [0.25, 0.3) is 0 Å². The topological polar surface area (TPSA) is 15.3 Å². The molecule has 2 heterocycles. The first-order chi connectivity index (χ1) is 9.11. The molecule has 1 aliphatic rings. The molecular formula is C15H25ClN2S. The fourth-order valence-corrected chi connectivity index (χ4v) is 3.88. The average molecular weight is 301 g/mol. The van der Waals surface area contributed by atoms with E-state index in [0.717, 1.165) is 23.3 Å². The van der Waals surface area contributed by atoms with Crippen molar-refractivity contribution in [2.45, 2.75) is 45.7 Å². The highest BCUT2D eigenvalue weighted by Crippen LogP contribution is 2.31. The van der Waals surface area contributed by atoms with Crippen molar-refractivity contribution in [2.75, 3.05) is 19.6 Å². The summed E-state index contributed by atoms with van der Waals surface area (Å²) in [6, 6.07) is 5.28. The lowest BCUT2D eigenvalue weighted by Crippen LogP contribution is -2.42. The first-order valence-electron chi connectivity index (χ1n) is 7.34. The largest absolute Gasteiger partial charge is 0.312 e. The maximum atomic E-state index is 6.06. The van der Waals surface area contributed by atoms with Gasteiger partial charge in [-0.2, -0.15) is 0 Å². The lowest BCUT2D eigenvalue weighted by Gasteiger charge is -2.31. The van der Waals surface area contributed by atoms with Crippen LogP contribution in [0.4, 0.5) is 0 Å². The summed E-state index contributed by atoms with van der Waals surface area (Å²) in [5.74, 6) is 0.736. The molecule has 1 aliphatic heterocycles. The fourth-order valence-electron chi connectivity index (χ4n) is 2.73. The summed E-state index contributed by atoms with van der Waals surface area (Å²) >= 11 is 7.78. The van der Waals surface area contributed by atoms with Crippen molar-refractivity contribution >= 4 is 22.9 Å². The standard InChI is InChI=1S/C15H25ClN2S/c1-4-11(2)13-10-18(9-5-8-17-13)12(3)14-6-7-15(16)19-14/h6-7,11-13,17H,4-5,8-10H2,1-3H3. The Balaban J connectivity index is 2.05. The Bertz CT molecular complexity index is 393. The average Bonchev–Trinajstić information content (AvgIpc) is 2.70. The molecule has 1 saturated heterocycles. The van der Waals surface area contributed by atoms with Crippen LogP contribution in [0.25, 0.3) is 0 Å². The van der Waals surface area contributed by atoms with Crippen LogP contribution in [0.15, 0.2) is 12.1 Å². The van der Waals surface area contributed by atoms with E-state index in [4.69, 9.17) is 11.6 Å². The Morgan fingerprint density at radius 1 is 1.47 bits per heavy atom. The summed E-state index contributed by atoms with van der Waals surface area (Å²) in [6.07, 6.45) is 2.47. The van der Waals surface area contributed by atoms with Crippen LogP contribution in [0.3, 0.4) is 0 Å². The fraction of sp³-hybridized carbons (Fsp3) is 0.733. The van der Waals surface area contributed by atoms with Gasteiger partial charge in [0.1, 0.15) is 0 Å². The molecule has 0 amide bonds. The molecule has 0 aromatic carbocycles. The highest BCUT2D eigenvalue weighted by Gasteiger charge is 2.25. The maximum Gasteiger partial charge on any atom is 0.0931 e. The van der Waals surface area contributed by atoms with E-state index in [2.05, 4.69) is 37.1 Å². The van der Waals surface area contributed by atoms with Gasteiger partial charge in [0.2, 0.25) is 0 Å². The molecule has 4 heteroatoms. The number of nitrogens with one attached hydrogen (secondary N) is 1. The predicted molar refractivity (Wildman–Crippen MR) is 85.2 cm³/mol. The second-order valence-corrected chi connectivity index (χ2v) is 7.36. The summed E-state index contributed by atoms with van der Waals surface area (Å²) in [7, 11) is 0. The molecule has 3 unspecified atom stereocenters. The molecule has 19 heavy (non-hydrogen) atoms. The van der Waals surface area contributed by atoms with Crippen LogP contribution in [-0.4, -0.2) is 30.6 Å². The first-order valence-corrected chi connectivity index (χ1v) is 8.54. The molecule has 1 aromatic rings. The van der Waals surface area contributed by atoms with E-state index < -0.39 is 0 Å². The van der Waals surface area contributed by atoms with Crippen molar-refractivity contribution in [1.82, 2.24) is 10.2 Å². The van der Waals surface area contributed by atoms with Crippen molar-refractivity contribution in [3.63, 3.8) is 0 Å². The number of thiophene rings is 1. The van der Waals surface area contributed by atoms with E-state index in [1.54, 1.807) is 11.3 Å². The molecule has 1 fully saturated rings. The molecule has 0 radical (unpaired) electrons. The van der Waals surface area contributed by atoms with Gasteiger partial charge in [-0.3, -0.25) is 4.90 Å². The molecule has 2 nitrogen and oxygen atoms in total. The number of halogens is 1. The molecule has 0 aliphatic carbocycles. The van der Waals surface area contributed by atoms with Crippen LogP contribution in [0, 0.1) is 5.92 Å². The minimum Gasteiger partial charge on any atom is -0.312 e. The van der Waals surface area contributed by atoms with Crippen molar-refractivity contribution in [2.24, 2.45) is 5.92 Å². The molecular weight excluding hydrogens is 276 g/mol. The summed E-state index contributed by atoms with van der Waals surface area (Å²) in [5.41, 5.74) is 0. The zero-order valence-corrected chi connectivity index (χ0v) is 13.7. The Hall–Kier alpha value is -0.0900. The lowest BCUT2D eigenvalue weighted by molar-refractivity contribution is 0.190. The Morgan fingerprint density at radius 3 is 2.89 bits per heavy atom. The van der Waals surface area contributed by atoms with E-state index >= 15 is 0 Å². The van der Waals surface area contributed by atoms with Crippen molar-refractivity contribution in [3.8, 4) is 0 Å². The minimum absolute atomic E-state index is 0.476. The molecule has 0 saturated carbocycles. The van der Waals surface area contributed by atoms with Gasteiger partial charge in [-0.1, -0.05) is 31.9 Å². The van der Waals surface area contributed by atoms with Crippen LogP contribution >= 0.6 is 22.9 Å². The number of rotatable bonds is 4. The zero-order chi connectivity index (χ0) is 13.8. The third-order valence-corrected chi connectivity index (χ3v) is 5.75. The second kappa shape index (κ2) is 7.07. The Kier molecular flexibility index (Phi) is 5.70. The Morgan fingerprint density at radius 2 is 2.26 bits per heavy atom. The monoisotopic (exact) mass is 300 g/mol. The van der Waals surface area contributed by atoms with Crippen LogP contribution in [-0.2, 0) is 0 Å². The van der Waals surface area contributed by atoms with Crippen LogP contribution in [0.5, 0.6) is 0 Å². The molecule has 0 bridgehead atoms. The van der Waals surface area contributed by atoms with Gasteiger partial charge in [-0.15, -0.1) is 11.3 Å². The Labute approximate surface area is 126 Å². The lowest BCUT2D eigenvalue weighted by atomic mass is 9.98. The highest BCUT2D eigenvalue weighted by atomic mass is 35.5. The van der Waals surface area contributed by atoms with E-state index in [1.165, 1.54) is 24.3 Å². The summed E-state index contributed by atoms with van der Waals surface area (Å²) in [5, 5.41) is 3.71. The van der Waals surface area contributed by atoms with E-state index in [-0.39, 0.29) is 0 Å². The SMILES string of the molecule is CCC(C)C1CN(C(C)c2ccc(Cl)s2)CCCN1. The smallest absolute Gasteiger partial charge is 0.0931 e. The van der Waals surface area contributed by atoms with Crippen LogP contribution in [0.1, 0.15) is 44.5 Å². The van der Waals surface area contributed by atoms with Gasteiger partial charge >= 0.3 is 0 Å². The molecule has 108 valence electrons. The zero-order valence-electron chi connectivity index (χ0n) is 12.2. The predicted octanol–water partition coefficient (Wildman–Crippen LogP) is 4.17. The van der Waals surface area contributed by atoms with Gasteiger partial charge in [0, 0.05) is 30.1 Å². The van der Waals surface area contributed by atoms with E-state index in [0.29, 0.717) is 12.1 Å². The van der Waals surface area contributed by atoms with Crippen molar-refractivity contribution < 1.29 is 0 Å². The first kappa shape index (κ1) is 15.3. The molecule has 1 N–H and O–H groups in total. The third kappa shape index (κ3) is 3.94. The van der Waals surface area contributed by atoms with Gasteiger partial charge in [0.05, 0.1) is 4.34 Å². The quantitative estimate of drug-likeness (QED) is 0.897. The maximum absolute atomic E-state index is 6.06. The van der Waals surface area contributed by atoms with Crippen LogP contribution < -0.4 is 5.32 Å². The normalized spacial score (nSPS) is 24.9. The van der Waals surface area contributed by atoms with Gasteiger partial charge < -0.3 is 5.32 Å². The molecule has 2 rings (SSSR count).